The van der Waals surface area contributed by atoms with Crippen LogP contribution in [0.5, 0.6) is 0 Å². The molecule has 0 radical (unpaired) electrons. The number of nitrogens with one attached hydrogen (secondary N) is 1. The summed E-state index contributed by atoms with van der Waals surface area (Å²) in [5, 5.41) is 4.29. The van der Waals surface area contributed by atoms with Crippen LogP contribution < -0.4 is 5.32 Å². The standard InChI is InChI=1S/C15H22N4O2S/c1-9-11-13(16-7-6-8-19(3)4)17-10(2)18-14(11)22-12(9)15(20)21-5/h6-8H2,1-5H3,(H,16,17,18). The topological polar surface area (TPSA) is 67.3 Å². The minimum Gasteiger partial charge on any atom is -0.465 e. The molecule has 0 unspecified atom stereocenters. The van der Waals surface area contributed by atoms with Crippen molar-refractivity contribution in [1.29, 1.82) is 0 Å². The smallest absolute Gasteiger partial charge is 0.348 e. The Hall–Kier alpha value is -1.73. The molecule has 0 amide bonds. The number of hydrogen-bond donors (Lipinski definition) is 1. The van der Waals surface area contributed by atoms with Crippen LogP contribution >= 0.6 is 11.3 Å². The van der Waals surface area contributed by atoms with E-state index in [0.29, 0.717) is 10.7 Å². The molecule has 2 aromatic rings. The van der Waals surface area contributed by atoms with Crippen LogP contribution in [0.2, 0.25) is 0 Å². The van der Waals surface area contributed by atoms with Gasteiger partial charge in [-0.3, -0.25) is 0 Å². The van der Waals surface area contributed by atoms with Crippen LogP contribution in [0.4, 0.5) is 5.82 Å². The Bertz CT molecular complexity index is 682. The molecule has 0 bridgehead atoms. The van der Waals surface area contributed by atoms with Crippen LogP contribution in [0, 0.1) is 13.8 Å². The monoisotopic (exact) mass is 322 g/mol. The Morgan fingerprint density at radius 2 is 2.05 bits per heavy atom. The highest BCUT2D eigenvalue weighted by atomic mass is 32.1. The molecule has 0 atom stereocenters. The van der Waals surface area contributed by atoms with Gasteiger partial charge >= 0.3 is 5.97 Å². The van der Waals surface area contributed by atoms with E-state index in [0.717, 1.165) is 41.1 Å². The lowest BCUT2D eigenvalue weighted by atomic mass is 10.2. The lowest BCUT2D eigenvalue weighted by molar-refractivity contribution is 0.0605. The van der Waals surface area contributed by atoms with Crippen molar-refractivity contribution < 1.29 is 9.53 Å². The van der Waals surface area contributed by atoms with Crippen molar-refractivity contribution >= 4 is 33.3 Å². The molecule has 0 spiro atoms. The van der Waals surface area contributed by atoms with Crippen molar-refractivity contribution in [3.63, 3.8) is 0 Å². The number of fused-ring (bicyclic) bond motifs is 1. The zero-order valence-electron chi connectivity index (χ0n) is 13.7. The summed E-state index contributed by atoms with van der Waals surface area (Å²) in [6.45, 7) is 5.61. The molecule has 0 aliphatic rings. The van der Waals surface area contributed by atoms with Crippen LogP contribution in [-0.4, -0.2) is 55.1 Å². The van der Waals surface area contributed by atoms with E-state index in [1.165, 1.54) is 18.4 Å². The number of carbonyl (C=O) groups is 1. The second-order valence-corrected chi connectivity index (χ2v) is 6.43. The van der Waals surface area contributed by atoms with Gasteiger partial charge in [-0.1, -0.05) is 0 Å². The van der Waals surface area contributed by atoms with Crippen LogP contribution in [0.3, 0.4) is 0 Å². The number of hydrogen-bond acceptors (Lipinski definition) is 7. The Labute approximate surface area is 134 Å². The largest absolute Gasteiger partial charge is 0.465 e. The maximum absolute atomic E-state index is 11.8. The predicted molar refractivity (Wildman–Crippen MR) is 89.9 cm³/mol. The molecule has 2 aromatic heterocycles. The number of aryl methyl sites for hydroxylation is 2. The second kappa shape index (κ2) is 7.02. The highest BCUT2D eigenvalue weighted by Gasteiger charge is 2.20. The number of ether oxygens (including phenoxy) is 1. The minimum atomic E-state index is -0.322. The normalized spacial score (nSPS) is 11.2. The molecule has 120 valence electrons. The van der Waals surface area contributed by atoms with Gasteiger partial charge in [0.05, 0.1) is 12.5 Å². The zero-order valence-corrected chi connectivity index (χ0v) is 14.5. The molecule has 0 saturated heterocycles. The van der Waals surface area contributed by atoms with E-state index in [9.17, 15) is 4.79 Å². The summed E-state index contributed by atoms with van der Waals surface area (Å²) in [6.07, 6.45) is 1.02. The molecule has 0 saturated carbocycles. The Balaban J connectivity index is 2.32. The van der Waals surface area contributed by atoms with Gasteiger partial charge in [-0.2, -0.15) is 0 Å². The van der Waals surface area contributed by atoms with Gasteiger partial charge in [0.1, 0.15) is 21.3 Å². The molecule has 2 heterocycles. The lowest BCUT2D eigenvalue weighted by Gasteiger charge is -2.11. The Kier molecular flexibility index (Phi) is 5.31. The van der Waals surface area contributed by atoms with E-state index >= 15 is 0 Å². The summed E-state index contributed by atoms with van der Waals surface area (Å²) in [4.78, 5) is 24.3. The first-order valence-corrected chi connectivity index (χ1v) is 8.00. The fourth-order valence-electron chi connectivity index (χ4n) is 2.26. The number of nitrogens with zero attached hydrogens (tertiary/aromatic N) is 3. The molecular weight excluding hydrogens is 300 g/mol. The lowest BCUT2D eigenvalue weighted by Crippen LogP contribution is -2.17. The number of rotatable bonds is 6. The molecule has 0 aliphatic heterocycles. The van der Waals surface area contributed by atoms with Gasteiger partial charge in [0.15, 0.2) is 0 Å². The highest BCUT2D eigenvalue weighted by molar-refractivity contribution is 7.20. The van der Waals surface area contributed by atoms with Crippen molar-refractivity contribution in [2.45, 2.75) is 20.3 Å². The number of thiophene rings is 1. The van der Waals surface area contributed by atoms with E-state index in [-0.39, 0.29) is 5.97 Å². The summed E-state index contributed by atoms with van der Waals surface area (Å²) in [6, 6.07) is 0. The van der Waals surface area contributed by atoms with Crippen molar-refractivity contribution in [3.8, 4) is 0 Å². The molecule has 0 aromatic carbocycles. The van der Waals surface area contributed by atoms with Gasteiger partial charge in [0, 0.05) is 6.54 Å². The Morgan fingerprint density at radius 3 is 2.68 bits per heavy atom. The first-order chi connectivity index (χ1) is 10.4. The van der Waals surface area contributed by atoms with E-state index in [1.807, 2.05) is 13.8 Å². The molecule has 7 heteroatoms. The van der Waals surface area contributed by atoms with E-state index < -0.39 is 0 Å². The van der Waals surface area contributed by atoms with E-state index in [1.54, 1.807) is 0 Å². The van der Waals surface area contributed by atoms with Gasteiger partial charge in [-0.15, -0.1) is 11.3 Å². The molecule has 6 nitrogen and oxygen atoms in total. The van der Waals surface area contributed by atoms with E-state index in [2.05, 4.69) is 34.3 Å². The molecule has 1 N–H and O–H groups in total. The predicted octanol–water partition coefficient (Wildman–Crippen LogP) is 2.46. The van der Waals surface area contributed by atoms with Crippen LogP contribution in [0.15, 0.2) is 0 Å². The fourth-order valence-corrected chi connectivity index (χ4v) is 3.41. The quantitative estimate of drug-likeness (QED) is 0.651. The average Bonchev–Trinajstić information content (AvgIpc) is 2.79. The van der Waals surface area contributed by atoms with Crippen LogP contribution in [0.1, 0.15) is 27.5 Å². The molecule has 0 fully saturated rings. The van der Waals surface area contributed by atoms with Crippen LogP contribution in [-0.2, 0) is 4.74 Å². The molecular formula is C15H22N4O2S. The summed E-state index contributed by atoms with van der Waals surface area (Å²) in [7, 11) is 5.50. The first-order valence-electron chi connectivity index (χ1n) is 7.18. The van der Waals surface area contributed by atoms with Crippen molar-refractivity contribution in [1.82, 2.24) is 14.9 Å². The Morgan fingerprint density at radius 1 is 1.32 bits per heavy atom. The van der Waals surface area contributed by atoms with Gasteiger partial charge in [-0.05, 0) is 46.5 Å². The SMILES string of the molecule is COC(=O)c1sc2nc(C)nc(NCCCN(C)C)c2c1C. The zero-order chi connectivity index (χ0) is 16.3. The number of methoxy groups -OCH3 is 1. The van der Waals surface area contributed by atoms with Gasteiger partial charge in [0.25, 0.3) is 0 Å². The van der Waals surface area contributed by atoms with E-state index in [4.69, 9.17) is 4.74 Å². The fraction of sp³-hybridized carbons (Fsp3) is 0.533. The second-order valence-electron chi connectivity index (χ2n) is 5.43. The number of esters is 1. The number of aromatic nitrogens is 2. The summed E-state index contributed by atoms with van der Waals surface area (Å²) < 4.78 is 4.84. The van der Waals surface area contributed by atoms with Crippen molar-refractivity contribution in [2.24, 2.45) is 0 Å². The molecule has 0 aliphatic carbocycles. The highest BCUT2D eigenvalue weighted by Crippen LogP contribution is 2.34. The van der Waals surface area contributed by atoms with Crippen molar-refractivity contribution in [3.05, 3.63) is 16.3 Å². The first kappa shape index (κ1) is 16.6. The third kappa shape index (κ3) is 3.53. The molecule has 2 rings (SSSR count). The summed E-state index contributed by atoms with van der Waals surface area (Å²) in [5.74, 6) is 1.17. The van der Waals surface area contributed by atoms with Crippen LogP contribution in [0.25, 0.3) is 10.2 Å². The van der Waals surface area contributed by atoms with Gasteiger partial charge < -0.3 is 15.0 Å². The molecule has 22 heavy (non-hydrogen) atoms. The number of carbonyl (C=O) groups excluding carboxylic acids is 1. The average molecular weight is 322 g/mol. The maximum atomic E-state index is 11.8. The minimum absolute atomic E-state index is 0.322. The third-order valence-corrected chi connectivity index (χ3v) is 4.51. The summed E-state index contributed by atoms with van der Waals surface area (Å²) >= 11 is 1.36. The summed E-state index contributed by atoms with van der Waals surface area (Å²) in [5.41, 5.74) is 0.877. The third-order valence-electron chi connectivity index (χ3n) is 3.35. The van der Waals surface area contributed by atoms with Crippen molar-refractivity contribution in [2.75, 3.05) is 39.6 Å². The van der Waals surface area contributed by atoms with Gasteiger partial charge in [0.2, 0.25) is 0 Å². The number of anilines is 1. The maximum Gasteiger partial charge on any atom is 0.348 e. The van der Waals surface area contributed by atoms with Gasteiger partial charge in [-0.25, -0.2) is 14.8 Å².